The summed E-state index contributed by atoms with van der Waals surface area (Å²) in [6.07, 6.45) is 2.68. The van der Waals surface area contributed by atoms with E-state index in [1.165, 1.54) is 25.4 Å². The number of amides is 2. The molecule has 1 saturated heterocycles. The van der Waals surface area contributed by atoms with Crippen LogP contribution in [-0.4, -0.2) is 43.0 Å². The van der Waals surface area contributed by atoms with Crippen molar-refractivity contribution in [1.29, 1.82) is 0 Å². The Hall–Kier alpha value is -2.65. The van der Waals surface area contributed by atoms with Crippen molar-refractivity contribution >= 4 is 51.0 Å². The minimum absolute atomic E-state index is 0.137. The summed E-state index contributed by atoms with van der Waals surface area (Å²) in [4.78, 5) is 42.6. The van der Waals surface area contributed by atoms with E-state index in [2.05, 4.69) is 31.8 Å². The van der Waals surface area contributed by atoms with E-state index in [1.807, 2.05) is 11.0 Å². The van der Waals surface area contributed by atoms with Crippen LogP contribution in [0.4, 0.5) is 5.69 Å². The molecule has 0 radical (unpaired) electrons. The minimum atomic E-state index is -0.509. The van der Waals surface area contributed by atoms with Gasteiger partial charge < -0.3 is 9.64 Å². The third kappa shape index (κ3) is 5.28. The van der Waals surface area contributed by atoms with Crippen LogP contribution in [0, 0.1) is 5.92 Å². The minimum Gasteiger partial charge on any atom is -0.469 e. The van der Waals surface area contributed by atoms with E-state index in [9.17, 15) is 14.4 Å². The smallest absolute Gasteiger partial charge is 0.308 e. The number of rotatable bonds is 4. The Morgan fingerprint density at radius 2 is 1.83 bits per heavy atom. The lowest BCUT2D eigenvalue weighted by molar-refractivity contribution is -0.146. The summed E-state index contributed by atoms with van der Waals surface area (Å²) in [7, 11) is 1.39. The summed E-state index contributed by atoms with van der Waals surface area (Å²) in [5.74, 6) is -1.31. The second-order valence-corrected chi connectivity index (χ2v) is 8.02. The van der Waals surface area contributed by atoms with Crippen molar-refractivity contribution in [3.8, 4) is 0 Å². The van der Waals surface area contributed by atoms with Gasteiger partial charge in [-0.15, -0.1) is 0 Å². The fourth-order valence-electron chi connectivity index (χ4n) is 3.28. The molecule has 0 unspecified atom stereocenters. The summed E-state index contributed by atoms with van der Waals surface area (Å²) in [6, 6.07) is 8.17. The molecule has 0 atom stereocenters. The molecule has 10 heteroatoms. The maximum atomic E-state index is 12.8. The number of methoxy groups -OCH3 is 1. The van der Waals surface area contributed by atoms with E-state index in [4.69, 9.17) is 16.3 Å². The van der Waals surface area contributed by atoms with E-state index in [1.54, 1.807) is 12.1 Å². The highest BCUT2D eigenvalue weighted by molar-refractivity contribution is 9.10. The largest absolute Gasteiger partial charge is 0.469 e. The lowest BCUT2D eigenvalue weighted by Crippen LogP contribution is -2.43. The molecule has 0 spiro atoms. The number of hydrogen-bond donors (Lipinski definition) is 2. The first-order chi connectivity index (χ1) is 14.4. The first-order valence-corrected chi connectivity index (χ1v) is 10.4. The van der Waals surface area contributed by atoms with Crippen LogP contribution in [0.25, 0.3) is 0 Å². The van der Waals surface area contributed by atoms with Gasteiger partial charge in [0.1, 0.15) is 5.15 Å². The number of nitrogens with zero attached hydrogens (tertiary/aromatic N) is 2. The van der Waals surface area contributed by atoms with E-state index in [-0.39, 0.29) is 22.6 Å². The Labute approximate surface area is 187 Å². The molecule has 3 rings (SSSR count). The van der Waals surface area contributed by atoms with Gasteiger partial charge in [0, 0.05) is 29.3 Å². The predicted octanol–water partition coefficient (Wildman–Crippen LogP) is 2.96. The van der Waals surface area contributed by atoms with Crippen molar-refractivity contribution < 1.29 is 19.1 Å². The monoisotopic (exact) mass is 494 g/mol. The number of piperidine rings is 1. The van der Waals surface area contributed by atoms with Crippen molar-refractivity contribution in [1.82, 2.24) is 15.8 Å². The van der Waals surface area contributed by atoms with Gasteiger partial charge in [-0.25, -0.2) is 4.98 Å². The van der Waals surface area contributed by atoms with Crippen LogP contribution in [0.3, 0.4) is 0 Å². The van der Waals surface area contributed by atoms with Gasteiger partial charge in [-0.3, -0.25) is 25.2 Å². The van der Waals surface area contributed by atoms with Crippen molar-refractivity contribution in [3.05, 3.63) is 57.3 Å². The standard InChI is InChI=1S/C20H20BrClN4O4/c1-30-20(29)12-5-8-26(9-6-12)16-11-14(21)2-3-15(16)19(28)25-24-18(27)13-4-7-23-17(22)10-13/h2-4,7,10-12H,5-6,8-9H2,1H3,(H,24,27)(H,25,28). The molecule has 0 bridgehead atoms. The van der Waals surface area contributed by atoms with Crippen LogP contribution in [0.15, 0.2) is 41.0 Å². The Balaban J connectivity index is 1.69. The van der Waals surface area contributed by atoms with E-state index < -0.39 is 11.8 Å². The zero-order valence-corrected chi connectivity index (χ0v) is 18.5. The Kier molecular flexibility index (Phi) is 7.28. The highest BCUT2D eigenvalue weighted by Crippen LogP contribution is 2.29. The predicted molar refractivity (Wildman–Crippen MR) is 115 cm³/mol. The van der Waals surface area contributed by atoms with Gasteiger partial charge in [-0.1, -0.05) is 27.5 Å². The zero-order chi connectivity index (χ0) is 21.7. The van der Waals surface area contributed by atoms with Gasteiger partial charge >= 0.3 is 5.97 Å². The normalized spacial score (nSPS) is 14.2. The molecule has 2 aromatic rings. The number of anilines is 1. The van der Waals surface area contributed by atoms with Gasteiger partial charge in [-0.05, 0) is 43.2 Å². The van der Waals surface area contributed by atoms with Crippen molar-refractivity contribution in [3.63, 3.8) is 0 Å². The molecule has 30 heavy (non-hydrogen) atoms. The second kappa shape index (κ2) is 9.90. The number of hydrazine groups is 1. The summed E-state index contributed by atoms with van der Waals surface area (Å²) >= 11 is 9.23. The van der Waals surface area contributed by atoms with E-state index in [0.717, 1.165) is 4.47 Å². The molecule has 1 aromatic heterocycles. The quantitative estimate of drug-likeness (QED) is 0.384. The van der Waals surface area contributed by atoms with Crippen molar-refractivity contribution in [2.45, 2.75) is 12.8 Å². The number of aromatic nitrogens is 1. The average Bonchev–Trinajstić information content (AvgIpc) is 2.76. The zero-order valence-electron chi connectivity index (χ0n) is 16.2. The fourth-order valence-corrected chi connectivity index (χ4v) is 3.80. The molecule has 2 heterocycles. The molecular formula is C20H20BrClN4O4. The summed E-state index contributed by atoms with van der Waals surface area (Å²) in [6.45, 7) is 1.22. The Bertz CT molecular complexity index is 964. The Morgan fingerprint density at radius 3 is 2.50 bits per heavy atom. The summed E-state index contributed by atoms with van der Waals surface area (Å²) < 4.78 is 5.65. The number of carbonyl (C=O) groups excluding carboxylic acids is 3. The molecule has 158 valence electrons. The third-order valence-corrected chi connectivity index (χ3v) is 5.55. The summed E-state index contributed by atoms with van der Waals surface area (Å²) in [5, 5.41) is 0.180. The maximum absolute atomic E-state index is 12.8. The first-order valence-electron chi connectivity index (χ1n) is 9.23. The molecular weight excluding hydrogens is 476 g/mol. The van der Waals surface area contributed by atoms with Gasteiger partial charge in [0.15, 0.2) is 0 Å². The topological polar surface area (TPSA) is 101 Å². The van der Waals surface area contributed by atoms with Gasteiger partial charge in [0.25, 0.3) is 11.8 Å². The van der Waals surface area contributed by atoms with Crippen molar-refractivity contribution in [2.24, 2.45) is 5.92 Å². The molecule has 2 N–H and O–H groups in total. The maximum Gasteiger partial charge on any atom is 0.308 e. The van der Waals surface area contributed by atoms with Crippen LogP contribution >= 0.6 is 27.5 Å². The summed E-state index contributed by atoms with van der Waals surface area (Å²) in [5.41, 5.74) is 6.21. The molecule has 1 aliphatic rings. The number of carbonyl (C=O) groups is 3. The van der Waals surface area contributed by atoms with Crippen LogP contribution in [-0.2, 0) is 9.53 Å². The van der Waals surface area contributed by atoms with Crippen LogP contribution in [0.1, 0.15) is 33.6 Å². The molecule has 1 aliphatic heterocycles. The average molecular weight is 496 g/mol. The number of esters is 1. The number of halogens is 2. The van der Waals surface area contributed by atoms with Gasteiger partial charge in [-0.2, -0.15) is 0 Å². The Morgan fingerprint density at radius 1 is 1.13 bits per heavy atom. The fraction of sp³-hybridized carbons (Fsp3) is 0.300. The lowest BCUT2D eigenvalue weighted by atomic mass is 9.96. The molecule has 1 aromatic carbocycles. The first kappa shape index (κ1) is 22.0. The van der Waals surface area contributed by atoms with Crippen LogP contribution in [0.2, 0.25) is 5.15 Å². The number of nitrogens with one attached hydrogen (secondary N) is 2. The highest BCUT2D eigenvalue weighted by Gasteiger charge is 2.27. The SMILES string of the molecule is COC(=O)C1CCN(c2cc(Br)ccc2C(=O)NNC(=O)c2ccnc(Cl)c2)CC1. The van der Waals surface area contributed by atoms with Gasteiger partial charge in [0.2, 0.25) is 0 Å². The third-order valence-electron chi connectivity index (χ3n) is 4.85. The number of hydrogen-bond acceptors (Lipinski definition) is 6. The number of ether oxygens (including phenoxy) is 1. The van der Waals surface area contributed by atoms with Crippen LogP contribution in [0.5, 0.6) is 0 Å². The molecule has 1 fully saturated rings. The molecule has 0 aliphatic carbocycles. The molecule has 8 nitrogen and oxygen atoms in total. The number of benzene rings is 1. The lowest BCUT2D eigenvalue weighted by Gasteiger charge is -2.33. The van der Waals surface area contributed by atoms with Crippen LogP contribution < -0.4 is 15.8 Å². The second-order valence-electron chi connectivity index (χ2n) is 6.72. The van der Waals surface area contributed by atoms with Crippen molar-refractivity contribution in [2.75, 3.05) is 25.1 Å². The van der Waals surface area contributed by atoms with E-state index in [0.29, 0.717) is 37.2 Å². The molecule has 2 amide bonds. The molecule has 0 saturated carbocycles. The van der Waals surface area contributed by atoms with E-state index >= 15 is 0 Å². The van der Waals surface area contributed by atoms with Gasteiger partial charge in [0.05, 0.1) is 24.3 Å². The highest BCUT2D eigenvalue weighted by atomic mass is 79.9. The number of pyridine rings is 1.